The molecule has 0 saturated heterocycles. The fourth-order valence-electron chi connectivity index (χ4n) is 2.48. The van der Waals surface area contributed by atoms with Crippen LogP contribution in [0, 0.1) is 5.82 Å². The molecule has 1 heterocycles. The van der Waals surface area contributed by atoms with Crippen LogP contribution in [-0.2, 0) is 0 Å². The Balaban J connectivity index is 1.86. The lowest BCUT2D eigenvalue weighted by atomic mass is 9.94. The summed E-state index contributed by atoms with van der Waals surface area (Å²) in [6, 6.07) is 9.78. The Morgan fingerprint density at radius 2 is 1.81 bits per heavy atom. The molecule has 110 valence electrons. The largest absolute Gasteiger partial charge is 0.485 e. The van der Waals surface area contributed by atoms with Crippen molar-refractivity contribution < 1.29 is 23.0 Å². The van der Waals surface area contributed by atoms with Crippen LogP contribution in [0.1, 0.15) is 41.7 Å². The summed E-state index contributed by atoms with van der Waals surface area (Å²) in [5, 5.41) is 10.1. The van der Waals surface area contributed by atoms with E-state index >= 15 is 0 Å². The van der Waals surface area contributed by atoms with Gasteiger partial charge in [0.15, 0.2) is 0 Å². The molecule has 0 aromatic heterocycles. The van der Waals surface area contributed by atoms with E-state index in [0.29, 0.717) is 16.9 Å². The fourth-order valence-corrected chi connectivity index (χ4v) is 2.48. The zero-order valence-electron chi connectivity index (χ0n) is 11.0. The molecule has 1 unspecified atom stereocenters. The fraction of sp³-hybridized carbons (Fsp3) is 0.250. The summed E-state index contributed by atoms with van der Waals surface area (Å²) >= 11 is 0. The molecular formula is C16H13F3O2. The van der Waals surface area contributed by atoms with Gasteiger partial charge in [-0.2, -0.15) is 0 Å². The molecular weight excluding hydrogens is 281 g/mol. The van der Waals surface area contributed by atoms with Crippen LogP contribution in [0.2, 0.25) is 0 Å². The molecule has 0 spiro atoms. The lowest BCUT2D eigenvalue weighted by Gasteiger charge is -2.30. The lowest BCUT2D eigenvalue weighted by Crippen LogP contribution is -2.19. The predicted molar refractivity (Wildman–Crippen MR) is 70.7 cm³/mol. The molecule has 1 aliphatic heterocycles. The minimum Gasteiger partial charge on any atom is -0.485 e. The van der Waals surface area contributed by atoms with Crippen LogP contribution in [-0.4, -0.2) is 5.11 Å². The van der Waals surface area contributed by atoms with Crippen LogP contribution in [0.5, 0.6) is 5.75 Å². The maximum Gasteiger partial charge on any atom is 0.263 e. The maximum atomic E-state index is 13.2. The summed E-state index contributed by atoms with van der Waals surface area (Å²) in [6.45, 7) is 0. The highest BCUT2D eigenvalue weighted by Gasteiger charge is 2.28. The summed E-state index contributed by atoms with van der Waals surface area (Å²) < 4.78 is 44.0. The smallest absolute Gasteiger partial charge is 0.263 e. The van der Waals surface area contributed by atoms with Crippen LogP contribution in [0.4, 0.5) is 13.2 Å². The molecule has 2 atom stereocenters. The van der Waals surface area contributed by atoms with Crippen molar-refractivity contribution in [3.05, 3.63) is 65.0 Å². The number of rotatable bonds is 2. The Hall–Kier alpha value is -2.01. The highest BCUT2D eigenvalue weighted by Crippen LogP contribution is 2.41. The molecule has 0 radical (unpaired) electrons. The zero-order chi connectivity index (χ0) is 15.0. The molecule has 1 N–H and O–H groups in total. The molecule has 0 saturated carbocycles. The van der Waals surface area contributed by atoms with Crippen molar-refractivity contribution in [1.82, 2.24) is 0 Å². The second-order valence-electron chi connectivity index (χ2n) is 5.01. The van der Waals surface area contributed by atoms with Crippen molar-refractivity contribution in [1.29, 1.82) is 0 Å². The summed E-state index contributed by atoms with van der Waals surface area (Å²) in [5.74, 6) is -0.0192. The Morgan fingerprint density at radius 1 is 1.10 bits per heavy atom. The van der Waals surface area contributed by atoms with Gasteiger partial charge in [-0.15, -0.1) is 0 Å². The van der Waals surface area contributed by atoms with Crippen LogP contribution in [0.15, 0.2) is 42.5 Å². The van der Waals surface area contributed by atoms with Gasteiger partial charge < -0.3 is 9.84 Å². The standard InChI is InChI=1S/C16H13F3O2/c17-11-5-6-14-12(7-11)13(20)8-15(21-14)9-1-3-10(4-2-9)16(18)19/h1-7,13,15-16,20H,8H2/t13-,15?/m0/s1. The number of aliphatic hydroxyl groups excluding tert-OH is 1. The first-order valence-electron chi connectivity index (χ1n) is 6.57. The quantitative estimate of drug-likeness (QED) is 0.893. The Labute approximate surface area is 119 Å². The van der Waals surface area contributed by atoms with Gasteiger partial charge in [-0.1, -0.05) is 24.3 Å². The summed E-state index contributed by atoms with van der Waals surface area (Å²) in [4.78, 5) is 0. The molecule has 1 aliphatic rings. The highest BCUT2D eigenvalue weighted by molar-refractivity contribution is 5.39. The van der Waals surface area contributed by atoms with Gasteiger partial charge in [0, 0.05) is 17.5 Å². The van der Waals surface area contributed by atoms with Gasteiger partial charge in [0.25, 0.3) is 6.43 Å². The van der Waals surface area contributed by atoms with E-state index in [1.807, 2.05) is 0 Å². The molecule has 2 nitrogen and oxygen atoms in total. The van der Waals surface area contributed by atoms with E-state index in [4.69, 9.17) is 4.74 Å². The zero-order valence-corrected chi connectivity index (χ0v) is 11.0. The topological polar surface area (TPSA) is 29.5 Å². The van der Waals surface area contributed by atoms with Gasteiger partial charge in [0.05, 0.1) is 6.10 Å². The van der Waals surface area contributed by atoms with Crippen molar-refractivity contribution in [2.45, 2.75) is 25.1 Å². The number of halogens is 3. The van der Waals surface area contributed by atoms with E-state index in [9.17, 15) is 18.3 Å². The number of ether oxygens (including phenoxy) is 1. The predicted octanol–water partition coefficient (Wildman–Crippen LogP) is 4.32. The van der Waals surface area contributed by atoms with Crippen molar-refractivity contribution in [2.75, 3.05) is 0 Å². The lowest BCUT2D eigenvalue weighted by molar-refractivity contribution is 0.0652. The molecule has 5 heteroatoms. The van der Waals surface area contributed by atoms with Gasteiger partial charge in [-0.3, -0.25) is 0 Å². The Bertz CT molecular complexity index is 640. The number of aliphatic hydroxyl groups is 1. The summed E-state index contributed by atoms with van der Waals surface area (Å²) in [7, 11) is 0. The molecule has 0 bridgehead atoms. The highest BCUT2D eigenvalue weighted by atomic mass is 19.3. The van der Waals surface area contributed by atoms with E-state index in [0.717, 1.165) is 0 Å². The first-order valence-corrected chi connectivity index (χ1v) is 6.57. The van der Waals surface area contributed by atoms with Gasteiger partial charge in [-0.05, 0) is 23.8 Å². The van der Waals surface area contributed by atoms with Crippen molar-refractivity contribution in [3.8, 4) is 5.75 Å². The monoisotopic (exact) mass is 294 g/mol. The van der Waals surface area contributed by atoms with Crippen molar-refractivity contribution in [2.24, 2.45) is 0 Å². The SMILES string of the molecule is O[C@H]1CC(c2ccc(C(F)F)cc2)Oc2ccc(F)cc21. The molecule has 0 aliphatic carbocycles. The number of hydrogen-bond donors (Lipinski definition) is 1. The van der Waals surface area contributed by atoms with Crippen LogP contribution < -0.4 is 4.74 Å². The first-order chi connectivity index (χ1) is 10.0. The van der Waals surface area contributed by atoms with Crippen molar-refractivity contribution >= 4 is 0 Å². The molecule has 0 fully saturated rings. The third-order valence-corrected chi connectivity index (χ3v) is 3.60. The van der Waals surface area contributed by atoms with Crippen LogP contribution >= 0.6 is 0 Å². The third kappa shape index (κ3) is 2.74. The summed E-state index contributed by atoms with van der Waals surface area (Å²) in [6.07, 6.45) is -3.54. The number of benzene rings is 2. The summed E-state index contributed by atoms with van der Waals surface area (Å²) in [5.41, 5.74) is 1.06. The normalized spacial score (nSPS) is 21.0. The molecule has 3 rings (SSSR count). The van der Waals surface area contributed by atoms with Gasteiger partial charge >= 0.3 is 0 Å². The van der Waals surface area contributed by atoms with E-state index in [1.54, 1.807) is 12.1 Å². The molecule has 2 aromatic rings. The average Bonchev–Trinajstić information content (AvgIpc) is 2.48. The number of fused-ring (bicyclic) bond motifs is 1. The minimum absolute atomic E-state index is 0.0578. The van der Waals surface area contributed by atoms with E-state index in [-0.39, 0.29) is 12.0 Å². The van der Waals surface area contributed by atoms with E-state index in [2.05, 4.69) is 0 Å². The molecule has 21 heavy (non-hydrogen) atoms. The average molecular weight is 294 g/mol. The minimum atomic E-state index is -2.51. The van der Waals surface area contributed by atoms with Gasteiger partial charge in [0.1, 0.15) is 17.7 Å². The number of alkyl halides is 2. The van der Waals surface area contributed by atoms with E-state index < -0.39 is 24.5 Å². The molecule has 2 aromatic carbocycles. The van der Waals surface area contributed by atoms with Crippen LogP contribution in [0.25, 0.3) is 0 Å². The maximum absolute atomic E-state index is 13.2. The van der Waals surface area contributed by atoms with E-state index in [1.165, 1.54) is 30.3 Å². The van der Waals surface area contributed by atoms with Gasteiger partial charge in [-0.25, -0.2) is 13.2 Å². The molecule has 0 amide bonds. The van der Waals surface area contributed by atoms with Crippen LogP contribution in [0.3, 0.4) is 0 Å². The number of hydrogen-bond acceptors (Lipinski definition) is 2. The second-order valence-corrected chi connectivity index (χ2v) is 5.01. The second kappa shape index (κ2) is 5.41. The van der Waals surface area contributed by atoms with Crippen molar-refractivity contribution in [3.63, 3.8) is 0 Å². The third-order valence-electron chi connectivity index (χ3n) is 3.60. The first kappa shape index (κ1) is 13.9. The Morgan fingerprint density at radius 3 is 2.48 bits per heavy atom. The van der Waals surface area contributed by atoms with Gasteiger partial charge in [0.2, 0.25) is 0 Å². The Kier molecular flexibility index (Phi) is 3.59.